The molecule has 1 unspecified atom stereocenters. The molecule has 2 atom stereocenters. The summed E-state index contributed by atoms with van der Waals surface area (Å²) in [7, 11) is 0. The number of ether oxygens (including phenoxy) is 1. The monoisotopic (exact) mass is 219 g/mol. The first-order valence-electron chi connectivity index (χ1n) is 6.25. The van der Waals surface area contributed by atoms with E-state index in [9.17, 15) is 0 Å². The van der Waals surface area contributed by atoms with E-state index in [0.717, 1.165) is 19.6 Å². The van der Waals surface area contributed by atoms with Gasteiger partial charge in [0.15, 0.2) is 0 Å². The van der Waals surface area contributed by atoms with E-state index in [-0.39, 0.29) is 0 Å². The van der Waals surface area contributed by atoms with Crippen LogP contribution < -0.4 is 5.32 Å². The van der Waals surface area contributed by atoms with Gasteiger partial charge in [-0.2, -0.15) is 0 Å². The molecule has 0 aliphatic carbocycles. The van der Waals surface area contributed by atoms with Crippen LogP contribution in [0.5, 0.6) is 0 Å². The molecule has 2 rings (SSSR count). The molecular formula is C14H21NO. The molecule has 0 bridgehead atoms. The van der Waals surface area contributed by atoms with Crippen LogP contribution in [0.25, 0.3) is 0 Å². The fourth-order valence-corrected chi connectivity index (χ4v) is 2.26. The van der Waals surface area contributed by atoms with Crippen molar-refractivity contribution in [1.29, 1.82) is 0 Å². The van der Waals surface area contributed by atoms with E-state index < -0.39 is 0 Å². The number of benzene rings is 1. The molecule has 0 saturated carbocycles. The predicted octanol–water partition coefficient (Wildman–Crippen LogP) is 2.91. The second kappa shape index (κ2) is 6.02. The Balaban J connectivity index is 1.88. The van der Waals surface area contributed by atoms with Crippen LogP contribution >= 0.6 is 0 Å². The van der Waals surface area contributed by atoms with Gasteiger partial charge in [-0.1, -0.05) is 30.3 Å². The maximum absolute atomic E-state index is 5.47. The Bertz CT molecular complexity index is 291. The lowest BCUT2D eigenvalue weighted by atomic mass is 10.0. The van der Waals surface area contributed by atoms with Gasteiger partial charge in [0.05, 0.1) is 0 Å². The van der Waals surface area contributed by atoms with Gasteiger partial charge >= 0.3 is 0 Å². The highest BCUT2D eigenvalue weighted by atomic mass is 16.5. The maximum Gasteiger partial charge on any atom is 0.0480 e. The van der Waals surface area contributed by atoms with Crippen LogP contribution in [0.3, 0.4) is 0 Å². The van der Waals surface area contributed by atoms with Gasteiger partial charge in [-0.3, -0.25) is 0 Å². The second-order valence-corrected chi connectivity index (χ2v) is 4.54. The van der Waals surface area contributed by atoms with Crippen LogP contribution in [0.2, 0.25) is 0 Å². The largest absolute Gasteiger partial charge is 0.381 e. The van der Waals surface area contributed by atoms with Crippen molar-refractivity contribution < 1.29 is 4.74 Å². The normalized spacial score (nSPS) is 23.7. The third-order valence-corrected chi connectivity index (χ3v) is 3.24. The SMILES string of the molecule is C[C@@H](NC1CCCOCC1)c1ccccc1. The molecule has 1 saturated heterocycles. The quantitative estimate of drug-likeness (QED) is 0.844. The first-order chi connectivity index (χ1) is 7.86. The van der Waals surface area contributed by atoms with E-state index in [0.29, 0.717) is 12.1 Å². The Morgan fingerprint density at radius 1 is 1.19 bits per heavy atom. The van der Waals surface area contributed by atoms with Gasteiger partial charge in [-0.15, -0.1) is 0 Å². The maximum atomic E-state index is 5.47. The van der Waals surface area contributed by atoms with E-state index in [2.05, 4.69) is 42.6 Å². The zero-order chi connectivity index (χ0) is 11.2. The summed E-state index contributed by atoms with van der Waals surface area (Å²) in [6.45, 7) is 4.07. The van der Waals surface area contributed by atoms with Gasteiger partial charge in [0.2, 0.25) is 0 Å². The lowest BCUT2D eigenvalue weighted by Crippen LogP contribution is -2.31. The van der Waals surface area contributed by atoms with E-state index in [4.69, 9.17) is 4.74 Å². The standard InChI is InChI=1S/C14H21NO/c1-12(13-6-3-2-4-7-13)15-14-8-5-10-16-11-9-14/h2-4,6-7,12,14-15H,5,8-11H2,1H3/t12-,14?/m1/s1. The minimum atomic E-state index is 0.435. The summed E-state index contributed by atoms with van der Waals surface area (Å²) in [6.07, 6.45) is 3.55. The molecule has 1 N–H and O–H groups in total. The van der Waals surface area contributed by atoms with Gasteiger partial charge in [-0.05, 0) is 31.7 Å². The summed E-state index contributed by atoms with van der Waals surface area (Å²) in [4.78, 5) is 0. The smallest absolute Gasteiger partial charge is 0.0480 e. The molecule has 0 spiro atoms. The van der Waals surface area contributed by atoms with Gasteiger partial charge in [0.25, 0.3) is 0 Å². The third kappa shape index (κ3) is 3.32. The zero-order valence-corrected chi connectivity index (χ0v) is 9.99. The van der Waals surface area contributed by atoms with E-state index in [1.54, 1.807) is 0 Å². The molecule has 16 heavy (non-hydrogen) atoms. The summed E-state index contributed by atoms with van der Waals surface area (Å²) < 4.78 is 5.47. The molecule has 2 heteroatoms. The fraction of sp³-hybridized carbons (Fsp3) is 0.571. The first kappa shape index (κ1) is 11.6. The number of rotatable bonds is 3. The molecule has 0 radical (unpaired) electrons. The second-order valence-electron chi connectivity index (χ2n) is 4.54. The van der Waals surface area contributed by atoms with Crippen molar-refractivity contribution in [3.05, 3.63) is 35.9 Å². The van der Waals surface area contributed by atoms with Crippen molar-refractivity contribution in [2.75, 3.05) is 13.2 Å². The summed E-state index contributed by atoms with van der Waals surface area (Å²) in [5, 5.41) is 3.70. The number of nitrogens with one attached hydrogen (secondary N) is 1. The lowest BCUT2D eigenvalue weighted by molar-refractivity contribution is 0.142. The molecule has 1 aliphatic heterocycles. The van der Waals surface area contributed by atoms with Crippen LogP contribution in [-0.4, -0.2) is 19.3 Å². The molecule has 1 heterocycles. The highest BCUT2D eigenvalue weighted by molar-refractivity contribution is 5.18. The third-order valence-electron chi connectivity index (χ3n) is 3.24. The average molecular weight is 219 g/mol. The minimum absolute atomic E-state index is 0.435. The summed E-state index contributed by atoms with van der Waals surface area (Å²) >= 11 is 0. The average Bonchev–Trinajstić information content (AvgIpc) is 2.59. The van der Waals surface area contributed by atoms with E-state index in [1.165, 1.54) is 18.4 Å². The molecule has 1 aromatic rings. The Labute approximate surface area is 98.0 Å². The van der Waals surface area contributed by atoms with Crippen molar-refractivity contribution in [2.45, 2.75) is 38.3 Å². The van der Waals surface area contributed by atoms with Crippen LogP contribution in [-0.2, 0) is 4.74 Å². The van der Waals surface area contributed by atoms with Crippen molar-refractivity contribution >= 4 is 0 Å². The molecule has 1 fully saturated rings. The fourth-order valence-electron chi connectivity index (χ4n) is 2.26. The Morgan fingerprint density at radius 3 is 2.81 bits per heavy atom. The van der Waals surface area contributed by atoms with Crippen LogP contribution in [0.1, 0.15) is 37.8 Å². The Kier molecular flexibility index (Phi) is 4.37. The lowest BCUT2D eigenvalue weighted by Gasteiger charge is -2.21. The first-order valence-corrected chi connectivity index (χ1v) is 6.25. The molecule has 88 valence electrons. The van der Waals surface area contributed by atoms with Gasteiger partial charge < -0.3 is 10.1 Å². The number of hydrogen-bond donors (Lipinski definition) is 1. The van der Waals surface area contributed by atoms with Gasteiger partial charge in [0.1, 0.15) is 0 Å². The molecule has 0 amide bonds. The minimum Gasteiger partial charge on any atom is -0.381 e. The Morgan fingerprint density at radius 2 is 2.00 bits per heavy atom. The molecule has 1 aliphatic rings. The topological polar surface area (TPSA) is 21.3 Å². The van der Waals surface area contributed by atoms with Gasteiger partial charge in [-0.25, -0.2) is 0 Å². The molecule has 0 aromatic heterocycles. The van der Waals surface area contributed by atoms with Crippen LogP contribution in [0.4, 0.5) is 0 Å². The Hall–Kier alpha value is -0.860. The molecular weight excluding hydrogens is 198 g/mol. The highest BCUT2D eigenvalue weighted by Gasteiger charge is 2.15. The van der Waals surface area contributed by atoms with E-state index in [1.807, 2.05) is 0 Å². The van der Waals surface area contributed by atoms with Crippen molar-refractivity contribution in [1.82, 2.24) is 5.32 Å². The zero-order valence-electron chi connectivity index (χ0n) is 9.99. The van der Waals surface area contributed by atoms with Gasteiger partial charge in [0, 0.05) is 25.3 Å². The van der Waals surface area contributed by atoms with Crippen molar-refractivity contribution in [3.63, 3.8) is 0 Å². The highest BCUT2D eigenvalue weighted by Crippen LogP contribution is 2.16. The predicted molar refractivity (Wildman–Crippen MR) is 66.5 cm³/mol. The van der Waals surface area contributed by atoms with Crippen LogP contribution in [0, 0.1) is 0 Å². The van der Waals surface area contributed by atoms with Crippen LogP contribution in [0.15, 0.2) is 30.3 Å². The summed E-state index contributed by atoms with van der Waals surface area (Å²) in [5.41, 5.74) is 1.37. The number of hydrogen-bond acceptors (Lipinski definition) is 2. The van der Waals surface area contributed by atoms with Crippen molar-refractivity contribution in [2.24, 2.45) is 0 Å². The molecule has 1 aromatic carbocycles. The summed E-state index contributed by atoms with van der Waals surface area (Å²) in [5.74, 6) is 0. The molecule has 2 nitrogen and oxygen atoms in total. The van der Waals surface area contributed by atoms with E-state index >= 15 is 0 Å². The van der Waals surface area contributed by atoms with Crippen molar-refractivity contribution in [3.8, 4) is 0 Å². The summed E-state index contributed by atoms with van der Waals surface area (Å²) in [6, 6.07) is 11.7.